The first-order valence-electron chi connectivity index (χ1n) is 7.86. The van der Waals surface area contributed by atoms with Crippen LogP contribution < -0.4 is 0 Å². The van der Waals surface area contributed by atoms with Gasteiger partial charge in [-0.25, -0.2) is 8.78 Å². The molecule has 24 heavy (non-hydrogen) atoms. The molecular formula is C21H19ClF2. The smallest absolute Gasteiger partial charge is 0.131 e. The van der Waals surface area contributed by atoms with Crippen molar-refractivity contribution < 1.29 is 8.78 Å². The molecule has 0 aliphatic heterocycles. The average molecular weight is 345 g/mol. The Balaban J connectivity index is 0.00000100. The molecule has 0 nitrogen and oxygen atoms in total. The molecule has 0 amide bonds. The Bertz CT molecular complexity index is 824. The number of rotatable bonds is 2. The third-order valence-corrected chi connectivity index (χ3v) is 3.88. The summed E-state index contributed by atoms with van der Waals surface area (Å²) in [6, 6.07) is 16.9. The van der Waals surface area contributed by atoms with Crippen molar-refractivity contribution in [3.8, 4) is 22.3 Å². The van der Waals surface area contributed by atoms with Crippen molar-refractivity contribution in [3.63, 3.8) is 0 Å². The maximum atomic E-state index is 14.4. The number of halogens is 3. The zero-order chi connectivity index (χ0) is 17.7. The molecule has 3 rings (SSSR count). The van der Waals surface area contributed by atoms with E-state index in [9.17, 15) is 8.78 Å². The highest BCUT2D eigenvalue weighted by Crippen LogP contribution is 2.29. The number of hydrogen-bond donors (Lipinski definition) is 0. The predicted molar refractivity (Wildman–Crippen MR) is 98.3 cm³/mol. The largest absolute Gasteiger partial charge is 0.207 e. The lowest BCUT2D eigenvalue weighted by atomic mass is 9.99. The Hall–Kier alpha value is -2.19. The molecule has 3 aromatic carbocycles. The summed E-state index contributed by atoms with van der Waals surface area (Å²) in [6.45, 7) is 5.68. The minimum absolute atomic E-state index is 0.335. The zero-order valence-corrected chi connectivity index (χ0v) is 14.7. The summed E-state index contributed by atoms with van der Waals surface area (Å²) in [5, 5.41) is 0.635. The summed E-state index contributed by atoms with van der Waals surface area (Å²) in [6.07, 6.45) is 0. The molecule has 0 radical (unpaired) electrons. The van der Waals surface area contributed by atoms with Gasteiger partial charge in [0.2, 0.25) is 0 Å². The molecule has 0 saturated heterocycles. The maximum Gasteiger partial charge on any atom is 0.131 e. The lowest BCUT2D eigenvalue weighted by molar-refractivity contribution is 0.617. The fourth-order valence-electron chi connectivity index (χ4n) is 2.33. The second kappa shape index (κ2) is 8.07. The standard InChI is InChI=1S/C19H13ClF2.C2H6/c1-12-2-3-15(11-18(12)21)17-9-6-14(10-19(17)22)13-4-7-16(20)8-5-13;1-2/h2-11H,1H3;1-2H3. The minimum atomic E-state index is -0.379. The van der Waals surface area contributed by atoms with E-state index < -0.39 is 0 Å². The summed E-state index contributed by atoms with van der Waals surface area (Å²) < 4.78 is 28.0. The Labute approximate surface area is 146 Å². The Morgan fingerprint density at radius 1 is 0.667 bits per heavy atom. The molecule has 0 heterocycles. The molecule has 0 unspecified atom stereocenters. The van der Waals surface area contributed by atoms with Gasteiger partial charge in [-0.05, 0) is 53.4 Å². The summed E-state index contributed by atoms with van der Waals surface area (Å²) >= 11 is 5.85. The monoisotopic (exact) mass is 344 g/mol. The summed E-state index contributed by atoms with van der Waals surface area (Å²) in [7, 11) is 0. The van der Waals surface area contributed by atoms with Crippen molar-refractivity contribution in [1.82, 2.24) is 0 Å². The third-order valence-electron chi connectivity index (χ3n) is 3.63. The van der Waals surface area contributed by atoms with Gasteiger partial charge in [-0.1, -0.05) is 61.8 Å². The van der Waals surface area contributed by atoms with Gasteiger partial charge in [0.1, 0.15) is 11.6 Å². The molecule has 0 saturated carbocycles. The SMILES string of the molecule is CC.Cc1ccc(-c2ccc(-c3ccc(Cl)cc3)cc2F)cc1F. The summed E-state index contributed by atoms with van der Waals surface area (Å²) in [5.74, 6) is -0.714. The second-order valence-electron chi connectivity index (χ2n) is 5.17. The van der Waals surface area contributed by atoms with Gasteiger partial charge in [-0.15, -0.1) is 0 Å². The molecule has 0 N–H and O–H groups in total. The van der Waals surface area contributed by atoms with Crippen LogP contribution in [-0.2, 0) is 0 Å². The molecule has 0 aliphatic carbocycles. The third kappa shape index (κ3) is 4.01. The van der Waals surface area contributed by atoms with Crippen LogP contribution in [0.2, 0.25) is 5.02 Å². The van der Waals surface area contributed by atoms with E-state index in [-0.39, 0.29) is 11.6 Å². The van der Waals surface area contributed by atoms with E-state index in [1.54, 1.807) is 37.3 Å². The van der Waals surface area contributed by atoms with Crippen LogP contribution in [0.5, 0.6) is 0 Å². The van der Waals surface area contributed by atoms with E-state index in [1.165, 1.54) is 12.1 Å². The van der Waals surface area contributed by atoms with E-state index in [2.05, 4.69) is 0 Å². The summed E-state index contributed by atoms with van der Waals surface area (Å²) in [4.78, 5) is 0. The van der Waals surface area contributed by atoms with Gasteiger partial charge in [-0.2, -0.15) is 0 Å². The van der Waals surface area contributed by atoms with Crippen LogP contribution in [0.3, 0.4) is 0 Å². The highest BCUT2D eigenvalue weighted by Gasteiger charge is 2.09. The van der Waals surface area contributed by atoms with E-state index >= 15 is 0 Å². The lowest BCUT2D eigenvalue weighted by Gasteiger charge is -2.08. The van der Waals surface area contributed by atoms with Crippen LogP contribution in [0, 0.1) is 18.6 Å². The topological polar surface area (TPSA) is 0 Å². The van der Waals surface area contributed by atoms with E-state index in [1.807, 2.05) is 32.0 Å². The van der Waals surface area contributed by atoms with Crippen LogP contribution >= 0.6 is 11.6 Å². The fraction of sp³-hybridized carbons (Fsp3) is 0.143. The zero-order valence-electron chi connectivity index (χ0n) is 13.9. The molecule has 0 spiro atoms. The van der Waals surface area contributed by atoms with Gasteiger partial charge in [0.15, 0.2) is 0 Å². The molecule has 3 aromatic rings. The van der Waals surface area contributed by atoms with Crippen LogP contribution in [0.1, 0.15) is 19.4 Å². The lowest BCUT2D eigenvalue weighted by Crippen LogP contribution is -1.89. The number of aryl methyl sites for hydroxylation is 1. The van der Waals surface area contributed by atoms with Gasteiger partial charge < -0.3 is 0 Å². The van der Waals surface area contributed by atoms with Crippen LogP contribution in [-0.4, -0.2) is 0 Å². The molecule has 0 fully saturated rings. The van der Waals surface area contributed by atoms with E-state index in [0.29, 0.717) is 21.7 Å². The Morgan fingerprint density at radius 2 is 1.21 bits per heavy atom. The van der Waals surface area contributed by atoms with Crippen molar-refractivity contribution in [1.29, 1.82) is 0 Å². The van der Waals surface area contributed by atoms with Gasteiger partial charge in [0, 0.05) is 10.6 Å². The highest BCUT2D eigenvalue weighted by molar-refractivity contribution is 6.30. The Kier molecular flexibility index (Phi) is 6.10. The van der Waals surface area contributed by atoms with Crippen LogP contribution in [0.4, 0.5) is 8.78 Å². The van der Waals surface area contributed by atoms with Crippen LogP contribution in [0.15, 0.2) is 60.7 Å². The maximum absolute atomic E-state index is 14.4. The molecule has 0 atom stereocenters. The van der Waals surface area contributed by atoms with Crippen LogP contribution in [0.25, 0.3) is 22.3 Å². The molecule has 0 aliphatic rings. The van der Waals surface area contributed by atoms with Crippen molar-refractivity contribution in [2.45, 2.75) is 20.8 Å². The molecule has 3 heteroatoms. The van der Waals surface area contributed by atoms with Gasteiger partial charge in [0.05, 0.1) is 0 Å². The summed E-state index contributed by atoms with van der Waals surface area (Å²) in [5.41, 5.74) is 3.09. The first-order chi connectivity index (χ1) is 11.5. The van der Waals surface area contributed by atoms with E-state index in [4.69, 9.17) is 11.6 Å². The Morgan fingerprint density at radius 3 is 1.79 bits per heavy atom. The van der Waals surface area contributed by atoms with Gasteiger partial charge in [-0.3, -0.25) is 0 Å². The van der Waals surface area contributed by atoms with Crippen molar-refractivity contribution in [2.24, 2.45) is 0 Å². The molecular weight excluding hydrogens is 326 g/mol. The minimum Gasteiger partial charge on any atom is -0.207 e. The van der Waals surface area contributed by atoms with Gasteiger partial charge >= 0.3 is 0 Å². The molecule has 0 aromatic heterocycles. The van der Waals surface area contributed by atoms with Crippen molar-refractivity contribution >= 4 is 11.6 Å². The second-order valence-corrected chi connectivity index (χ2v) is 5.60. The number of benzene rings is 3. The molecule has 124 valence electrons. The molecule has 0 bridgehead atoms. The van der Waals surface area contributed by atoms with E-state index in [0.717, 1.165) is 11.1 Å². The first-order valence-corrected chi connectivity index (χ1v) is 8.24. The fourth-order valence-corrected chi connectivity index (χ4v) is 2.46. The van der Waals surface area contributed by atoms with Gasteiger partial charge in [0.25, 0.3) is 0 Å². The van der Waals surface area contributed by atoms with Crippen molar-refractivity contribution in [3.05, 3.63) is 82.9 Å². The predicted octanol–water partition coefficient (Wildman–Crippen LogP) is 7.29. The number of hydrogen-bond acceptors (Lipinski definition) is 0. The highest BCUT2D eigenvalue weighted by atomic mass is 35.5. The quantitative estimate of drug-likeness (QED) is 0.458. The normalized spacial score (nSPS) is 10.1. The first kappa shape index (κ1) is 18.2. The average Bonchev–Trinajstić information content (AvgIpc) is 2.60. The van der Waals surface area contributed by atoms with Crippen molar-refractivity contribution in [2.75, 3.05) is 0 Å².